The van der Waals surface area contributed by atoms with Crippen molar-refractivity contribution in [3.8, 4) is 11.1 Å². The van der Waals surface area contributed by atoms with E-state index in [9.17, 15) is 14.4 Å². The summed E-state index contributed by atoms with van der Waals surface area (Å²) >= 11 is 0. The highest BCUT2D eigenvalue weighted by molar-refractivity contribution is 6.46. The molecule has 0 aromatic heterocycles. The molecule has 5 rings (SSSR count). The number of nitrogens with one attached hydrogen (secondary N) is 1. The first-order valence-corrected chi connectivity index (χ1v) is 15.9. The minimum atomic E-state index is -0.953. The van der Waals surface area contributed by atoms with Crippen molar-refractivity contribution in [1.29, 1.82) is 0 Å². The second kappa shape index (κ2) is 13.6. The van der Waals surface area contributed by atoms with E-state index in [0.29, 0.717) is 11.3 Å². The first-order valence-electron chi connectivity index (χ1n) is 15.9. The first kappa shape index (κ1) is 31.2. The normalized spacial score (nSPS) is 16.6. The van der Waals surface area contributed by atoms with Crippen LogP contribution in [0.1, 0.15) is 103 Å². The number of carbonyl (C=O) groups is 3. The third-order valence-corrected chi connectivity index (χ3v) is 9.10. The van der Waals surface area contributed by atoms with E-state index in [0.717, 1.165) is 68.1 Å². The van der Waals surface area contributed by atoms with Crippen molar-refractivity contribution in [3.05, 3.63) is 94.5 Å². The highest BCUT2D eigenvalue weighted by Gasteiger charge is 2.50. The van der Waals surface area contributed by atoms with Crippen LogP contribution in [0.3, 0.4) is 0 Å². The molecule has 0 bridgehead atoms. The zero-order chi connectivity index (χ0) is 31.3. The van der Waals surface area contributed by atoms with Crippen molar-refractivity contribution in [2.75, 3.05) is 6.54 Å². The summed E-state index contributed by atoms with van der Waals surface area (Å²) in [7, 11) is 0. The molecule has 44 heavy (non-hydrogen) atoms. The number of nitrogens with zero attached hydrogens (tertiary/aromatic N) is 2. The first-order chi connectivity index (χ1) is 21.2. The van der Waals surface area contributed by atoms with Gasteiger partial charge in [0.2, 0.25) is 0 Å². The van der Waals surface area contributed by atoms with Crippen molar-refractivity contribution in [1.82, 2.24) is 10.2 Å². The van der Waals surface area contributed by atoms with Crippen LogP contribution in [-0.2, 0) is 9.59 Å². The fraction of sp³-hybridized carbons (Fsp3) is 0.405. The minimum absolute atomic E-state index is 0.0247. The van der Waals surface area contributed by atoms with Gasteiger partial charge in [0.1, 0.15) is 11.4 Å². The number of hydrogen-bond donors (Lipinski definition) is 2. The lowest BCUT2D eigenvalue weighted by molar-refractivity contribution is -0.137. The van der Waals surface area contributed by atoms with E-state index in [1.165, 1.54) is 16.7 Å². The number of amides is 2. The van der Waals surface area contributed by atoms with Crippen LogP contribution >= 0.6 is 0 Å². The molecule has 3 aromatic rings. The van der Waals surface area contributed by atoms with Gasteiger partial charge >= 0.3 is 5.97 Å². The number of hydrogen-bond acceptors (Lipinski definition) is 4. The average Bonchev–Trinajstić information content (AvgIpc) is 3.28. The number of carboxylic acid groups (broad SMARTS) is 1. The lowest BCUT2D eigenvalue weighted by Crippen LogP contribution is -2.50. The van der Waals surface area contributed by atoms with Gasteiger partial charge < -0.3 is 15.3 Å². The number of aliphatic carboxylic acids is 1. The minimum Gasteiger partial charge on any atom is -0.481 e. The molecule has 1 atom stereocenters. The van der Waals surface area contributed by atoms with Crippen molar-refractivity contribution < 1.29 is 19.5 Å². The van der Waals surface area contributed by atoms with Gasteiger partial charge in [-0.2, -0.15) is 0 Å². The largest absolute Gasteiger partial charge is 0.481 e. The van der Waals surface area contributed by atoms with Crippen LogP contribution in [0.25, 0.3) is 11.1 Å². The van der Waals surface area contributed by atoms with Gasteiger partial charge in [-0.05, 0) is 85.9 Å². The van der Waals surface area contributed by atoms with Crippen LogP contribution in [0.4, 0.5) is 0 Å². The van der Waals surface area contributed by atoms with Crippen molar-refractivity contribution in [3.63, 3.8) is 0 Å². The van der Waals surface area contributed by atoms with Gasteiger partial charge in [-0.1, -0.05) is 80.8 Å². The average molecular weight is 594 g/mol. The zero-order valence-electron chi connectivity index (χ0n) is 26.1. The molecule has 1 aliphatic carbocycles. The monoisotopic (exact) mass is 593 g/mol. The van der Waals surface area contributed by atoms with Crippen molar-refractivity contribution >= 4 is 23.5 Å². The summed E-state index contributed by atoms with van der Waals surface area (Å²) in [6, 6.07) is 21.9. The predicted octanol–water partition coefficient (Wildman–Crippen LogP) is 7.40. The topological polar surface area (TPSA) is 99.1 Å². The maximum absolute atomic E-state index is 14.5. The van der Waals surface area contributed by atoms with Gasteiger partial charge in [0.15, 0.2) is 0 Å². The van der Waals surface area contributed by atoms with E-state index in [1.54, 1.807) is 12.1 Å². The molecule has 2 N–H and O–H groups in total. The van der Waals surface area contributed by atoms with E-state index < -0.39 is 11.6 Å². The van der Waals surface area contributed by atoms with Crippen LogP contribution in [0.2, 0.25) is 0 Å². The molecule has 1 spiro atoms. The summed E-state index contributed by atoms with van der Waals surface area (Å²) in [4.78, 5) is 45.2. The van der Waals surface area contributed by atoms with Crippen molar-refractivity contribution in [2.45, 2.75) is 90.3 Å². The Balaban J connectivity index is 1.45. The molecule has 3 aromatic carbocycles. The smallest absolute Gasteiger partial charge is 0.305 e. The molecule has 7 heteroatoms. The fourth-order valence-electron chi connectivity index (χ4n) is 6.85. The Morgan fingerprint density at radius 2 is 1.57 bits per heavy atom. The van der Waals surface area contributed by atoms with Gasteiger partial charge in [0.25, 0.3) is 11.8 Å². The number of carboxylic acids is 1. The number of unbranched alkanes of at least 4 members (excludes halogenated alkanes) is 1. The van der Waals surface area contributed by atoms with Crippen LogP contribution in [0, 0.1) is 13.8 Å². The van der Waals surface area contributed by atoms with Crippen LogP contribution in [0.15, 0.2) is 71.7 Å². The van der Waals surface area contributed by atoms with Crippen molar-refractivity contribution in [2.24, 2.45) is 4.99 Å². The lowest BCUT2D eigenvalue weighted by atomic mass is 9.86. The maximum Gasteiger partial charge on any atom is 0.305 e. The van der Waals surface area contributed by atoms with E-state index in [-0.39, 0.29) is 30.8 Å². The Morgan fingerprint density at radius 3 is 2.18 bits per heavy atom. The lowest BCUT2D eigenvalue weighted by Gasteiger charge is -2.44. The Morgan fingerprint density at radius 1 is 0.932 bits per heavy atom. The molecule has 0 unspecified atom stereocenters. The molecule has 1 heterocycles. The number of rotatable bonds is 11. The molecule has 2 aliphatic rings. The second-order valence-corrected chi connectivity index (χ2v) is 12.2. The number of carbonyl (C=O) groups excluding carboxylic acids is 2. The summed E-state index contributed by atoms with van der Waals surface area (Å²) < 4.78 is 0. The fourth-order valence-corrected chi connectivity index (χ4v) is 6.85. The summed E-state index contributed by atoms with van der Waals surface area (Å²) in [5.41, 5.74) is 7.08. The van der Waals surface area contributed by atoms with Crippen LogP contribution < -0.4 is 5.32 Å². The van der Waals surface area contributed by atoms with Gasteiger partial charge in [-0.25, -0.2) is 0 Å². The Kier molecular flexibility index (Phi) is 9.62. The Labute approximate surface area is 260 Å². The van der Waals surface area contributed by atoms with E-state index in [4.69, 9.17) is 10.1 Å². The molecule has 1 saturated carbocycles. The third kappa shape index (κ3) is 6.47. The van der Waals surface area contributed by atoms with Gasteiger partial charge in [0.05, 0.1) is 12.5 Å². The number of aliphatic imine (C=N–C) groups is 1. The summed E-state index contributed by atoms with van der Waals surface area (Å²) in [5, 5.41) is 11.5. The zero-order valence-corrected chi connectivity index (χ0v) is 26.1. The van der Waals surface area contributed by atoms with Crippen LogP contribution in [0.5, 0.6) is 0 Å². The number of aryl methyl sites for hydroxylation is 2. The number of benzene rings is 3. The second-order valence-electron chi connectivity index (χ2n) is 12.2. The maximum atomic E-state index is 14.5. The highest BCUT2D eigenvalue weighted by Crippen LogP contribution is 2.46. The van der Waals surface area contributed by atoms with E-state index in [2.05, 4.69) is 61.3 Å². The van der Waals surface area contributed by atoms with E-state index in [1.807, 2.05) is 24.3 Å². The Hall–Kier alpha value is -4.26. The molecular formula is C37H43N3O4. The molecule has 1 fully saturated rings. The van der Waals surface area contributed by atoms with Gasteiger partial charge in [-0.15, -0.1) is 0 Å². The quantitative estimate of drug-likeness (QED) is 0.242. The van der Waals surface area contributed by atoms with Gasteiger partial charge in [0, 0.05) is 17.7 Å². The molecular weight excluding hydrogens is 550 g/mol. The summed E-state index contributed by atoms with van der Waals surface area (Å²) in [6.45, 7) is 6.48. The van der Waals surface area contributed by atoms with Crippen LogP contribution in [-0.4, -0.2) is 45.7 Å². The summed E-state index contributed by atoms with van der Waals surface area (Å²) in [6.07, 6.45) is 7.53. The highest BCUT2D eigenvalue weighted by atomic mass is 16.4. The molecule has 1 aliphatic heterocycles. The Bertz CT molecular complexity index is 1520. The molecule has 0 radical (unpaired) electrons. The SMILES string of the molecule is CCCC[C@H](c1ccc(C(=O)NCCC(=O)O)cc1)N1C(=O)C(c2ccc(-c3c(C)cccc3C)cc2)=NC12CCCCC2. The van der Waals surface area contributed by atoms with E-state index >= 15 is 0 Å². The standard InChI is InChI=1S/C37H43N3O4/c1-4-5-12-31(27-13-19-30(20-14-27)35(43)38-24-21-32(41)42)40-36(44)34(39-37(40)22-7-6-8-23-37)29-17-15-28(16-18-29)33-25(2)10-9-11-26(33)3/h9-11,13-20,31H,4-8,12,21-24H2,1-3H3,(H,38,43)(H,41,42)/t31-/m1/s1. The molecule has 7 nitrogen and oxygen atoms in total. The van der Waals surface area contributed by atoms with Gasteiger partial charge in [-0.3, -0.25) is 19.4 Å². The summed E-state index contributed by atoms with van der Waals surface area (Å²) in [5.74, 6) is -1.28. The predicted molar refractivity (Wildman–Crippen MR) is 174 cm³/mol. The third-order valence-electron chi connectivity index (χ3n) is 9.10. The molecule has 0 saturated heterocycles. The molecule has 230 valence electrons. The molecule has 2 amide bonds.